The summed E-state index contributed by atoms with van der Waals surface area (Å²) in [4.78, 5) is 83.9. The molecule has 0 spiro atoms. The zero-order valence-corrected chi connectivity index (χ0v) is 40.3. The predicted molar refractivity (Wildman–Crippen MR) is 266 cm³/mol. The molecule has 0 saturated carbocycles. The summed E-state index contributed by atoms with van der Waals surface area (Å²) in [5, 5.41) is 17.5. The van der Waals surface area contributed by atoms with Crippen molar-refractivity contribution >= 4 is 64.3 Å². The highest BCUT2D eigenvalue weighted by Gasteiger charge is 2.39. The van der Waals surface area contributed by atoms with Crippen LogP contribution in [0.25, 0.3) is 0 Å². The molecule has 18 nitrogen and oxygen atoms in total. The quantitative estimate of drug-likeness (QED) is 0.126. The second kappa shape index (κ2) is 20.4. The van der Waals surface area contributed by atoms with Crippen LogP contribution in [0.15, 0.2) is 95.1 Å². The van der Waals surface area contributed by atoms with E-state index in [1.54, 1.807) is 48.8 Å². The minimum atomic E-state index is -0.690. The number of piperidine rings is 3. The monoisotopic (exact) mass is 981 g/mol. The fourth-order valence-corrected chi connectivity index (χ4v) is 10.8. The van der Waals surface area contributed by atoms with Gasteiger partial charge in [-0.1, -0.05) is 30.0 Å². The maximum atomic E-state index is 15.7. The molecule has 5 aromatic rings. The first-order valence-electron chi connectivity index (χ1n) is 24.2. The number of benzene rings is 3. The molecule has 3 aromatic carbocycles. The van der Waals surface area contributed by atoms with Crippen molar-refractivity contribution in [2.24, 2.45) is 5.73 Å². The van der Waals surface area contributed by atoms with Crippen molar-refractivity contribution < 1.29 is 28.4 Å². The molecular formula is C51H56FN13O5S. The van der Waals surface area contributed by atoms with Crippen LogP contribution in [0.2, 0.25) is 0 Å². The second-order valence-electron chi connectivity index (χ2n) is 19.2. The Morgan fingerprint density at radius 2 is 1.61 bits per heavy atom. The summed E-state index contributed by atoms with van der Waals surface area (Å²) in [6.07, 6.45) is 7.60. The molecule has 20 heteroatoms. The summed E-state index contributed by atoms with van der Waals surface area (Å²) >= 11 is 1.45. The summed E-state index contributed by atoms with van der Waals surface area (Å²) in [6, 6.07) is 20.6. The third kappa shape index (κ3) is 10.8. The van der Waals surface area contributed by atoms with Gasteiger partial charge in [0.1, 0.15) is 22.7 Å². The summed E-state index contributed by atoms with van der Waals surface area (Å²) < 4.78 is 15.7. The van der Waals surface area contributed by atoms with E-state index in [-0.39, 0.29) is 54.0 Å². The number of piperazine rings is 1. The Labute approximate surface area is 414 Å². The lowest BCUT2D eigenvalue weighted by molar-refractivity contribution is -0.136. The summed E-state index contributed by atoms with van der Waals surface area (Å²) in [7, 11) is 0. The van der Waals surface area contributed by atoms with Gasteiger partial charge >= 0.3 is 0 Å². The number of nitrogens with two attached hydrogens (primary N) is 1. The number of imide groups is 1. The average molecular weight is 982 g/mol. The number of nitrogens with one attached hydrogen (secondary N) is 3. The Kier molecular flexibility index (Phi) is 13.7. The number of aromatic nitrogens is 4. The van der Waals surface area contributed by atoms with Crippen LogP contribution in [0.4, 0.5) is 27.4 Å². The Morgan fingerprint density at radius 1 is 0.817 bits per heavy atom. The molecule has 2 aromatic heterocycles. The molecule has 71 heavy (non-hydrogen) atoms. The summed E-state index contributed by atoms with van der Waals surface area (Å²) in [5.41, 5.74) is 9.73. The van der Waals surface area contributed by atoms with Crippen molar-refractivity contribution in [3.05, 3.63) is 119 Å². The molecule has 0 aliphatic carbocycles. The van der Waals surface area contributed by atoms with Gasteiger partial charge in [0.2, 0.25) is 11.8 Å². The number of fused-ring (bicyclic) bond motifs is 1. The lowest BCUT2D eigenvalue weighted by atomic mass is 9.91. The van der Waals surface area contributed by atoms with Gasteiger partial charge in [0, 0.05) is 105 Å². The van der Waals surface area contributed by atoms with E-state index in [0.29, 0.717) is 48.3 Å². The van der Waals surface area contributed by atoms with Gasteiger partial charge in [0.05, 0.1) is 18.1 Å². The molecule has 0 radical (unpaired) electrons. The lowest BCUT2D eigenvalue weighted by Gasteiger charge is -2.43. The highest BCUT2D eigenvalue weighted by Crippen LogP contribution is 2.32. The largest absolute Gasteiger partial charge is 0.369 e. The molecule has 1 unspecified atom stereocenters. The van der Waals surface area contributed by atoms with Gasteiger partial charge in [-0.2, -0.15) is 0 Å². The SMILES string of the molecule is CC1(N)CCN(c2cnc(Sc3cccc(NC(=O)c4ccc(N5CCC(N6CCN(c7ccc(C(=O)NCc8ccc9c(c8)CN(C8CCC(=O)NC8=O)C9=O)nn7)CC6)CC5)c(F)c4)c3)cn2)CC1. The van der Waals surface area contributed by atoms with Crippen LogP contribution in [-0.2, 0) is 22.7 Å². The number of carbonyl (C=O) groups is 5. The molecule has 5 amide bonds. The molecule has 4 saturated heterocycles. The molecular weight excluding hydrogens is 926 g/mol. The molecule has 5 aliphatic heterocycles. The maximum absolute atomic E-state index is 15.7. The van der Waals surface area contributed by atoms with Gasteiger partial charge in [0.15, 0.2) is 11.5 Å². The van der Waals surface area contributed by atoms with Gasteiger partial charge < -0.3 is 36.0 Å². The van der Waals surface area contributed by atoms with E-state index in [1.807, 2.05) is 30.3 Å². The normalized spacial score (nSPS) is 19.6. The number of carbonyl (C=O) groups excluding carboxylic acids is 5. The molecule has 1 atom stereocenters. The number of hydrogen-bond acceptors (Lipinski definition) is 15. The summed E-state index contributed by atoms with van der Waals surface area (Å²) in [6.45, 7) is 8.81. The Bertz CT molecular complexity index is 2830. The Morgan fingerprint density at radius 3 is 2.32 bits per heavy atom. The zero-order chi connectivity index (χ0) is 49.2. The minimum absolute atomic E-state index is 0.141. The fourth-order valence-electron chi connectivity index (χ4n) is 10.1. The van der Waals surface area contributed by atoms with Crippen molar-refractivity contribution in [2.75, 3.05) is 72.4 Å². The van der Waals surface area contributed by atoms with Crippen molar-refractivity contribution in [1.29, 1.82) is 0 Å². The highest BCUT2D eigenvalue weighted by molar-refractivity contribution is 7.99. The van der Waals surface area contributed by atoms with Gasteiger partial charge in [-0.05, 0) is 105 Å². The van der Waals surface area contributed by atoms with E-state index in [1.165, 1.54) is 22.7 Å². The van der Waals surface area contributed by atoms with Crippen molar-refractivity contribution in [3.63, 3.8) is 0 Å². The molecule has 10 rings (SSSR count). The first-order chi connectivity index (χ1) is 34.3. The third-order valence-corrected chi connectivity index (χ3v) is 15.2. The third-order valence-electron chi connectivity index (χ3n) is 14.3. The molecule has 368 valence electrons. The van der Waals surface area contributed by atoms with E-state index in [0.717, 1.165) is 91.8 Å². The first-order valence-corrected chi connectivity index (χ1v) is 25.0. The summed E-state index contributed by atoms with van der Waals surface area (Å²) in [5.74, 6) is -0.706. The van der Waals surface area contributed by atoms with E-state index >= 15 is 4.39 Å². The molecule has 4 fully saturated rings. The Hall–Kier alpha value is -7.03. The smallest absolute Gasteiger partial charge is 0.272 e. The van der Waals surface area contributed by atoms with Crippen LogP contribution < -0.4 is 36.4 Å². The topological polar surface area (TPSA) is 215 Å². The Balaban J connectivity index is 0.650. The van der Waals surface area contributed by atoms with Gasteiger partial charge in [-0.15, -0.1) is 10.2 Å². The van der Waals surface area contributed by atoms with Crippen LogP contribution in [0.3, 0.4) is 0 Å². The first kappa shape index (κ1) is 47.6. The molecule has 0 bridgehead atoms. The van der Waals surface area contributed by atoms with Crippen LogP contribution in [0.5, 0.6) is 0 Å². The maximum Gasteiger partial charge on any atom is 0.272 e. The van der Waals surface area contributed by atoms with Gasteiger partial charge in [-0.3, -0.25) is 34.2 Å². The van der Waals surface area contributed by atoms with Crippen LogP contribution in [-0.4, -0.2) is 129 Å². The second-order valence-corrected chi connectivity index (χ2v) is 20.3. The number of anilines is 4. The van der Waals surface area contributed by atoms with Gasteiger partial charge in [0.25, 0.3) is 17.7 Å². The predicted octanol–water partition coefficient (Wildman–Crippen LogP) is 4.61. The number of hydrogen-bond donors (Lipinski definition) is 4. The van der Waals surface area contributed by atoms with Crippen molar-refractivity contribution in [1.82, 2.24) is 40.6 Å². The number of halogens is 1. The fraction of sp³-hybridized carbons (Fsp3) is 0.392. The van der Waals surface area contributed by atoms with E-state index in [4.69, 9.17) is 5.73 Å². The van der Waals surface area contributed by atoms with Gasteiger partial charge in [-0.25, -0.2) is 14.4 Å². The highest BCUT2D eigenvalue weighted by atomic mass is 32.2. The van der Waals surface area contributed by atoms with Crippen molar-refractivity contribution in [2.45, 2.75) is 86.1 Å². The van der Waals surface area contributed by atoms with E-state index in [9.17, 15) is 24.0 Å². The number of rotatable bonds is 12. The standard InChI is InChI=1S/C51H56FN13O5S/c1-51(53)15-19-63(20-16-51)44-29-55-46(30-54-44)71-37-4-2-3-35(27-37)57-47(67)33-6-9-41(39(52)26-33)62-17-13-36(14-18-62)61-21-23-64(24-22-61)43-11-8-40(59-60-43)48(68)56-28-32-5-7-38-34(25-32)31-65(50(38)70)42-10-12-45(66)58-49(42)69/h2-9,11,25-27,29-30,36,42H,10,12-24,28,31,53H2,1H3,(H,56,68)(H,57,67)(H,58,66,69). The minimum Gasteiger partial charge on any atom is -0.369 e. The number of amides is 5. The molecule has 7 heterocycles. The number of nitrogens with zero attached hydrogens (tertiary/aromatic N) is 9. The lowest BCUT2D eigenvalue weighted by Crippen LogP contribution is -2.53. The molecule has 5 N–H and O–H groups in total. The average Bonchev–Trinajstić information content (AvgIpc) is 3.70. The van der Waals surface area contributed by atoms with Crippen LogP contribution >= 0.6 is 11.8 Å². The van der Waals surface area contributed by atoms with E-state index in [2.05, 4.69) is 62.6 Å². The van der Waals surface area contributed by atoms with Crippen molar-refractivity contribution in [3.8, 4) is 0 Å². The van der Waals surface area contributed by atoms with Crippen LogP contribution in [0.1, 0.15) is 87.8 Å². The zero-order valence-electron chi connectivity index (χ0n) is 39.5. The van der Waals surface area contributed by atoms with E-state index < -0.39 is 23.7 Å². The van der Waals surface area contributed by atoms with Crippen LogP contribution in [0, 0.1) is 5.82 Å². The molecule has 5 aliphatic rings.